The normalized spacial score (nSPS) is 21.7. The van der Waals surface area contributed by atoms with Crippen molar-refractivity contribution >= 4 is 0 Å². The molecule has 3 heteroatoms. The summed E-state index contributed by atoms with van der Waals surface area (Å²) >= 11 is 0. The SMILES string of the molecule is Cc1ccc(O)c(CN2CCCC(C(C)(C)C)CC2)n1. The summed E-state index contributed by atoms with van der Waals surface area (Å²) in [6, 6.07) is 3.62. The van der Waals surface area contributed by atoms with Crippen LogP contribution in [0.4, 0.5) is 0 Å². The molecule has 0 aromatic carbocycles. The minimum Gasteiger partial charge on any atom is -0.506 e. The van der Waals surface area contributed by atoms with Gasteiger partial charge in [0.2, 0.25) is 0 Å². The fourth-order valence-corrected chi connectivity index (χ4v) is 3.11. The van der Waals surface area contributed by atoms with E-state index in [-0.39, 0.29) is 0 Å². The van der Waals surface area contributed by atoms with Gasteiger partial charge in [-0.3, -0.25) is 9.88 Å². The van der Waals surface area contributed by atoms with Gasteiger partial charge < -0.3 is 5.11 Å². The highest BCUT2D eigenvalue weighted by atomic mass is 16.3. The third-order valence-corrected chi connectivity index (χ3v) is 4.51. The zero-order valence-electron chi connectivity index (χ0n) is 13.3. The van der Waals surface area contributed by atoms with Gasteiger partial charge in [0.05, 0.1) is 5.69 Å². The molecule has 0 bridgehead atoms. The molecule has 2 rings (SSSR count). The number of nitrogens with zero attached hydrogens (tertiary/aromatic N) is 2. The van der Waals surface area contributed by atoms with Crippen molar-refractivity contribution in [2.45, 2.75) is 53.5 Å². The van der Waals surface area contributed by atoms with Gasteiger partial charge >= 0.3 is 0 Å². The molecule has 112 valence electrons. The van der Waals surface area contributed by atoms with Crippen molar-refractivity contribution in [2.24, 2.45) is 11.3 Å². The van der Waals surface area contributed by atoms with E-state index in [0.29, 0.717) is 11.2 Å². The smallest absolute Gasteiger partial charge is 0.138 e. The van der Waals surface area contributed by atoms with Crippen LogP contribution >= 0.6 is 0 Å². The first kappa shape index (κ1) is 15.3. The maximum absolute atomic E-state index is 9.93. The maximum atomic E-state index is 9.93. The fraction of sp³-hybridized carbons (Fsp3) is 0.706. The summed E-state index contributed by atoms with van der Waals surface area (Å²) in [4.78, 5) is 6.91. The number of pyridine rings is 1. The fourth-order valence-electron chi connectivity index (χ4n) is 3.11. The van der Waals surface area contributed by atoms with Crippen LogP contribution in [0.15, 0.2) is 12.1 Å². The second kappa shape index (κ2) is 6.13. The monoisotopic (exact) mass is 276 g/mol. The van der Waals surface area contributed by atoms with E-state index < -0.39 is 0 Å². The summed E-state index contributed by atoms with van der Waals surface area (Å²) in [7, 11) is 0. The Hall–Kier alpha value is -1.09. The lowest BCUT2D eigenvalue weighted by molar-refractivity contribution is 0.205. The lowest BCUT2D eigenvalue weighted by Crippen LogP contribution is -2.26. The molecule has 0 spiro atoms. The Kier molecular flexibility index (Phi) is 4.69. The van der Waals surface area contributed by atoms with Crippen molar-refractivity contribution in [3.8, 4) is 5.75 Å². The van der Waals surface area contributed by atoms with Crippen molar-refractivity contribution < 1.29 is 5.11 Å². The molecule has 1 aromatic heterocycles. The van der Waals surface area contributed by atoms with Crippen molar-refractivity contribution in [3.05, 3.63) is 23.5 Å². The largest absolute Gasteiger partial charge is 0.506 e. The van der Waals surface area contributed by atoms with Gasteiger partial charge in [-0.05, 0) is 62.7 Å². The van der Waals surface area contributed by atoms with Crippen LogP contribution in [0, 0.1) is 18.3 Å². The van der Waals surface area contributed by atoms with Gasteiger partial charge in [-0.15, -0.1) is 0 Å². The quantitative estimate of drug-likeness (QED) is 0.894. The summed E-state index contributed by atoms with van der Waals surface area (Å²) in [6.07, 6.45) is 3.80. The third-order valence-electron chi connectivity index (χ3n) is 4.51. The Morgan fingerprint density at radius 3 is 2.70 bits per heavy atom. The molecule has 1 unspecified atom stereocenters. The first-order chi connectivity index (χ1) is 9.36. The van der Waals surface area contributed by atoms with Crippen LogP contribution in [-0.2, 0) is 6.54 Å². The molecule has 0 saturated carbocycles. The second-order valence-electron chi connectivity index (χ2n) is 7.19. The molecule has 1 aromatic rings. The molecule has 0 aliphatic carbocycles. The summed E-state index contributed by atoms with van der Waals surface area (Å²) in [5, 5.41) is 9.93. The van der Waals surface area contributed by atoms with Gasteiger partial charge in [0, 0.05) is 12.2 Å². The minimum absolute atomic E-state index is 0.326. The number of hydrogen-bond acceptors (Lipinski definition) is 3. The Labute approximate surface area is 123 Å². The van der Waals surface area contributed by atoms with Crippen molar-refractivity contribution in [2.75, 3.05) is 13.1 Å². The molecule has 1 atom stereocenters. The average Bonchev–Trinajstić information content (AvgIpc) is 2.59. The molecule has 2 heterocycles. The van der Waals surface area contributed by atoms with Gasteiger partial charge in [-0.2, -0.15) is 0 Å². The number of rotatable bonds is 2. The highest BCUT2D eigenvalue weighted by molar-refractivity contribution is 5.27. The van der Waals surface area contributed by atoms with E-state index in [1.807, 2.05) is 13.0 Å². The Morgan fingerprint density at radius 2 is 2.00 bits per heavy atom. The number of likely N-dealkylation sites (tertiary alicyclic amines) is 1. The number of aryl methyl sites for hydroxylation is 1. The van der Waals surface area contributed by atoms with E-state index in [2.05, 4.69) is 30.7 Å². The Bertz CT molecular complexity index is 451. The second-order valence-corrected chi connectivity index (χ2v) is 7.19. The van der Waals surface area contributed by atoms with Crippen LogP contribution < -0.4 is 0 Å². The lowest BCUT2D eigenvalue weighted by Gasteiger charge is -2.29. The summed E-state index contributed by atoms with van der Waals surface area (Å²) in [6.45, 7) is 12.0. The summed E-state index contributed by atoms with van der Waals surface area (Å²) < 4.78 is 0. The first-order valence-corrected chi connectivity index (χ1v) is 7.74. The average molecular weight is 276 g/mol. The van der Waals surface area contributed by atoms with Crippen LogP contribution in [0.2, 0.25) is 0 Å². The standard InChI is InChI=1S/C17H28N2O/c1-13-7-8-16(20)15(18-13)12-19-10-5-6-14(9-11-19)17(2,3)4/h7-8,14,20H,5-6,9-12H2,1-4H3. The number of aromatic hydroxyl groups is 1. The van der Waals surface area contributed by atoms with Gasteiger partial charge in [0.15, 0.2) is 0 Å². The first-order valence-electron chi connectivity index (χ1n) is 7.74. The van der Waals surface area contributed by atoms with Gasteiger partial charge in [-0.25, -0.2) is 0 Å². The predicted molar refractivity (Wildman–Crippen MR) is 82.7 cm³/mol. The summed E-state index contributed by atoms with van der Waals surface area (Å²) in [5.41, 5.74) is 2.19. The van der Waals surface area contributed by atoms with Gasteiger partial charge in [-0.1, -0.05) is 20.8 Å². The van der Waals surface area contributed by atoms with E-state index >= 15 is 0 Å². The molecule has 0 radical (unpaired) electrons. The zero-order chi connectivity index (χ0) is 14.8. The highest BCUT2D eigenvalue weighted by Gasteiger charge is 2.27. The van der Waals surface area contributed by atoms with Crippen LogP contribution in [0.1, 0.15) is 51.4 Å². The van der Waals surface area contributed by atoms with E-state index in [9.17, 15) is 5.11 Å². The molecule has 1 aliphatic rings. The van der Waals surface area contributed by atoms with Gasteiger partial charge in [0.25, 0.3) is 0 Å². The zero-order valence-corrected chi connectivity index (χ0v) is 13.3. The van der Waals surface area contributed by atoms with Crippen LogP contribution in [0.25, 0.3) is 0 Å². The van der Waals surface area contributed by atoms with Crippen LogP contribution in [-0.4, -0.2) is 28.1 Å². The van der Waals surface area contributed by atoms with Crippen molar-refractivity contribution in [1.82, 2.24) is 9.88 Å². The molecule has 20 heavy (non-hydrogen) atoms. The molecule has 1 saturated heterocycles. The van der Waals surface area contributed by atoms with E-state index in [0.717, 1.165) is 36.9 Å². The third kappa shape index (κ3) is 3.95. The van der Waals surface area contributed by atoms with Crippen molar-refractivity contribution in [3.63, 3.8) is 0 Å². The maximum Gasteiger partial charge on any atom is 0.138 e. The van der Waals surface area contributed by atoms with E-state index in [1.54, 1.807) is 6.07 Å². The Morgan fingerprint density at radius 1 is 1.25 bits per heavy atom. The molecular weight excluding hydrogens is 248 g/mol. The van der Waals surface area contributed by atoms with Crippen LogP contribution in [0.5, 0.6) is 5.75 Å². The van der Waals surface area contributed by atoms with Crippen LogP contribution in [0.3, 0.4) is 0 Å². The molecule has 1 aliphatic heterocycles. The summed E-state index contributed by atoms with van der Waals surface area (Å²) in [5.74, 6) is 1.12. The molecule has 1 fully saturated rings. The number of aromatic nitrogens is 1. The highest BCUT2D eigenvalue weighted by Crippen LogP contribution is 2.34. The predicted octanol–water partition coefficient (Wildman–Crippen LogP) is 3.74. The lowest BCUT2D eigenvalue weighted by atomic mass is 9.77. The minimum atomic E-state index is 0.326. The molecule has 3 nitrogen and oxygen atoms in total. The van der Waals surface area contributed by atoms with Gasteiger partial charge in [0.1, 0.15) is 5.75 Å². The van der Waals surface area contributed by atoms with E-state index in [1.165, 1.54) is 19.3 Å². The number of hydrogen-bond donors (Lipinski definition) is 1. The Balaban J connectivity index is 1.99. The van der Waals surface area contributed by atoms with E-state index in [4.69, 9.17) is 0 Å². The molecule has 0 amide bonds. The topological polar surface area (TPSA) is 36.4 Å². The molecular formula is C17H28N2O. The van der Waals surface area contributed by atoms with Crippen molar-refractivity contribution in [1.29, 1.82) is 0 Å². The molecule has 1 N–H and O–H groups in total.